The molecule has 0 aliphatic rings. The number of aromatic hydroxyl groups is 1. The summed E-state index contributed by atoms with van der Waals surface area (Å²) >= 11 is 0. The van der Waals surface area contributed by atoms with Crippen LogP contribution >= 0.6 is 0 Å². The molecule has 2 aromatic rings. The van der Waals surface area contributed by atoms with E-state index >= 15 is 0 Å². The van der Waals surface area contributed by atoms with Crippen molar-refractivity contribution >= 4 is 18.4 Å². The van der Waals surface area contributed by atoms with Crippen molar-refractivity contribution in [3.8, 4) is 11.5 Å². The third-order valence-corrected chi connectivity index (χ3v) is 2.81. The predicted molar refractivity (Wildman–Crippen MR) is 95.5 cm³/mol. The van der Waals surface area contributed by atoms with Crippen LogP contribution in [-0.2, 0) is 4.79 Å². The molecule has 0 aromatic heterocycles. The number of hydrogen-bond acceptors (Lipinski definition) is 3. The Balaban J connectivity index is 0.000000238. The van der Waals surface area contributed by atoms with Crippen LogP contribution in [0.1, 0.15) is 25.0 Å². The molecule has 0 aliphatic heterocycles. The summed E-state index contributed by atoms with van der Waals surface area (Å²) in [7, 11) is 0. The SMILES string of the molecule is CC=Cc1ccc(OCC)c(O)c1.O=CC=Cc1ccccc1. The van der Waals surface area contributed by atoms with Gasteiger partial charge < -0.3 is 9.84 Å². The lowest BCUT2D eigenvalue weighted by molar-refractivity contribution is -0.104. The number of phenolic OH excluding ortho intramolecular Hbond substituents is 1. The van der Waals surface area contributed by atoms with Crippen LogP contribution in [0.4, 0.5) is 0 Å². The largest absolute Gasteiger partial charge is 0.504 e. The van der Waals surface area contributed by atoms with Crippen LogP contribution in [0.25, 0.3) is 12.2 Å². The predicted octanol–water partition coefficient (Wildman–Crippen LogP) is 4.72. The van der Waals surface area contributed by atoms with E-state index in [9.17, 15) is 9.90 Å². The quantitative estimate of drug-likeness (QED) is 0.642. The van der Waals surface area contributed by atoms with E-state index in [0.29, 0.717) is 12.4 Å². The van der Waals surface area contributed by atoms with Gasteiger partial charge in [-0.3, -0.25) is 4.79 Å². The Labute approximate surface area is 137 Å². The van der Waals surface area contributed by atoms with Crippen LogP contribution in [0.5, 0.6) is 11.5 Å². The monoisotopic (exact) mass is 310 g/mol. The second-order valence-electron chi connectivity index (χ2n) is 4.57. The van der Waals surface area contributed by atoms with E-state index in [2.05, 4.69) is 0 Å². The summed E-state index contributed by atoms with van der Waals surface area (Å²) in [5, 5.41) is 9.49. The highest BCUT2D eigenvalue weighted by atomic mass is 16.5. The zero-order valence-electron chi connectivity index (χ0n) is 13.5. The molecule has 2 aromatic carbocycles. The van der Waals surface area contributed by atoms with Gasteiger partial charge in [0.1, 0.15) is 6.29 Å². The first kappa shape index (κ1) is 18.2. The first-order valence-corrected chi connectivity index (χ1v) is 7.46. The van der Waals surface area contributed by atoms with Crippen LogP contribution in [0.15, 0.2) is 60.7 Å². The molecule has 3 heteroatoms. The number of allylic oxidation sites excluding steroid dienone is 2. The minimum atomic E-state index is 0.192. The summed E-state index contributed by atoms with van der Waals surface area (Å²) in [6, 6.07) is 15.1. The average molecular weight is 310 g/mol. The van der Waals surface area contributed by atoms with Gasteiger partial charge in [0.05, 0.1) is 6.61 Å². The molecule has 120 valence electrons. The van der Waals surface area contributed by atoms with E-state index in [0.717, 1.165) is 17.4 Å². The summed E-state index contributed by atoms with van der Waals surface area (Å²) < 4.78 is 5.20. The Hall–Kier alpha value is -2.81. The summed E-state index contributed by atoms with van der Waals surface area (Å²) in [5.74, 6) is 0.730. The van der Waals surface area contributed by atoms with Crippen molar-refractivity contribution in [2.24, 2.45) is 0 Å². The van der Waals surface area contributed by atoms with Gasteiger partial charge in [-0.1, -0.05) is 54.6 Å². The molecule has 0 aliphatic carbocycles. The fourth-order valence-corrected chi connectivity index (χ4v) is 1.82. The van der Waals surface area contributed by atoms with Gasteiger partial charge in [0.2, 0.25) is 0 Å². The summed E-state index contributed by atoms with van der Waals surface area (Å²) in [6.07, 6.45) is 7.87. The molecule has 0 heterocycles. The van der Waals surface area contributed by atoms with Crippen LogP contribution in [0.3, 0.4) is 0 Å². The van der Waals surface area contributed by atoms with E-state index in [4.69, 9.17) is 4.74 Å². The molecule has 0 spiro atoms. The minimum Gasteiger partial charge on any atom is -0.504 e. The Bertz CT molecular complexity index is 643. The van der Waals surface area contributed by atoms with Crippen molar-refractivity contribution < 1.29 is 14.6 Å². The first-order chi connectivity index (χ1) is 11.2. The summed E-state index contributed by atoms with van der Waals surface area (Å²) in [4.78, 5) is 9.89. The van der Waals surface area contributed by atoms with Crippen LogP contribution in [0, 0.1) is 0 Å². The molecule has 0 saturated heterocycles. The molecule has 0 fully saturated rings. The molecule has 23 heavy (non-hydrogen) atoms. The van der Waals surface area contributed by atoms with Crippen LogP contribution < -0.4 is 4.74 Å². The highest BCUT2D eigenvalue weighted by Crippen LogP contribution is 2.27. The Morgan fingerprint density at radius 3 is 2.35 bits per heavy atom. The number of rotatable bonds is 5. The van der Waals surface area contributed by atoms with E-state index < -0.39 is 0 Å². The Morgan fingerprint density at radius 1 is 1.04 bits per heavy atom. The molecular formula is C20H22O3. The third kappa shape index (κ3) is 7.14. The smallest absolute Gasteiger partial charge is 0.160 e. The lowest BCUT2D eigenvalue weighted by Crippen LogP contribution is -1.91. The average Bonchev–Trinajstić information content (AvgIpc) is 2.57. The Morgan fingerprint density at radius 2 is 1.78 bits per heavy atom. The molecule has 0 amide bonds. The van der Waals surface area contributed by atoms with Crippen molar-refractivity contribution in [1.82, 2.24) is 0 Å². The zero-order valence-corrected chi connectivity index (χ0v) is 13.5. The van der Waals surface area contributed by atoms with Crippen molar-refractivity contribution in [1.29, 1.82) is 0 Å². The molecule has 2 rings (SSSR count). The van der Waals surface area contributed by atoms with Gasteiger partial charge in [-0.05, 0) is 43.2 Å². The molecule has 0 atom stereocenters. The minimum absolute atomic E-state index is 0.192. The molecule has 3 nitrogen and oxygen atoms in total. The van der Waals surface area contributed by atoms with Gasteiger partial charge in [-0.15, -0.1) is 0 Å². The van der Waals surface area contributed by atoms with Gasteiger partial charge in [0, 0.05) is 0 Å². The fourth-order valence-electron chi connectivity index (χ4n) is 1.82. The fraction of sp³-hybridized carbons (Fsp3) is 0.150. The number of carbonyl (C=O) groups is 1. The zero-order chi connectivity index (χ0) is 16.9. The van der Waals surface area contributed by atoms with E-state index in [-0.39, 0.29) is 5.75 Å². The molecule has 0 radical (unpaired) electrons. The van der Waals surface area contributed by atoms with Gasteiger partial charge in [0.25, 0.3) is 0 Å². The van der Waals surface area contributed by atoms with Crippen LogP contribution in [-0.4, -0.2) is 18.0 Å². The number of ether oxygens (including phenoxy) is 1. The van der Waals surface area contributed by atoms with Gasteiger partial charge in [-0.25, -0.2) is 0 Å². The second kappa shape index (κ2) is 10.9. The molecule has 1 N–H and O–H groups in total. The van der Waals surface area contributed by atoms with Crippen molar-refractivity contribution in [3.63, 3.8) is 0 Å². The molecule has 0 unspecified atom stereocenters. The van der Waals surface area contributed by atoms with Crippen molar-refractivity contribution in [2.75, 3.05) is 6.61 Å². The molecular weight excluding hydrogens is 288 g/mol. The van der Waals surface area contributed by atoms with Crippen LogP contribution in [0.2, 0.25) is 0 Å². The normalized spacial score (nSPS) is 10.3. The third-order valence-electron chi connectivity index (χ3n) is 2.81. The van der Waals surface area contributed by atoms with Crippen molar-refractivity contribution in [3.05, 3.63) is 71.8 Å². The van der Waals surface area contributed by atoms with E-state index in [1.54, 1.807) is 18.2 Å². The summed E-state index contributed by atoms with van der Waals surface area (Å²) in [5.41, 5.74) is 2.03. The van der Waals surface area contributed by atoms with Gasteiger partial charge in [0.15, 0.2) is 11.5 Å². The van der Waals surface area contributed by atoms with E-state index in [1.807, 2.05) is 62.4 Å². The highest BCUT2D eigenvalue weighted by molar-refractivity contribution is 5.73. The van der Waals surface area contributed by atoms with Gasteiger partial charge >= 0.3 is 0 Å². The number of benzene rings is 2. The maximum atomic E-state index is 9.89. The maximum Gasteiger partial charge on any atom is 0.160 e. The highest BCUT2D eigenvalue weighted by Gasteiger charge is 2.00. The maximum absolute atomic E-state index is 9.89. The lowest BCUT2D eigenvalue weighted by Gasteiger charge is -2.05. The second-order valence-corrected chi connectivity index (χ2v) is 4.57. The molecule has 0 saturated carbocycles. The summed E-state index contributed by atoms with van der Waals surface area (Å²) in [6.45, 7) is 4.39. The van der Waals surface area contributed by atoms with Crippen molar-refractivity contribution in [2.45, 2.75) is 13.8 Å². The lowest BCUT2D eigenvalue weighted by atomic mass is 10.2. The Kier molecular flexibility index (Phi) is 8.61. The number of aldehydes is 1. The standard InChI is InChI=1S/C11H14O2.C9H8O/c1-3-5-9-6-7-11(13-4-2)10(12)8-9;10-8-4-7-9-5-2-1-3-6-9/h3,5-8,12H,4H2,1-2H3;1-8H. The van der Waals surface area contributed by atoms with E-state index in [1.165, 1.54) is 6.08 Å². The van der Waals surface area contributed by atoms with Gasteiger partial charge in [-0.2, -0.15) is 0 Å². The topological polar surface area (TPSA) is 46.5 Å². The number of phenols is 1. The molecule has 0 bridgehead atoms. The first-order valence-electron chi connectivity index (χ1n) is 7.46. The number of carbonyl (C=O) groups excluding carboxylic acids is 1. The number of hydrogen-bond donors (Lipinski definition) is 1.